The quantitative estimate of drug-likeness (QED) is 0.761. The van der Waals surface area contributed by atoms with Gasteiger partial charge in [0, 0.05) is 6.07 Å². The lowest BCUT2D eigenvalue weighted by molar-refractivity contribution is 0.0880. The Labute approximate surface area is 120 Å². The van der Waals surface area contributed by atoms with Crippen molar-refractivity contribution in [3.8, 4) is 5.69 Å². The minimum absolute atomic E-state index is 0.0206. The first-order valence-electron chi connectivity index (χ1n) is 6.39. The van der Waals surface area contributed by atoms with Crippen molar-refractivity contribution >= 4 is 17.6 Å². The number of carbonyl (C=O) groups is 2. The number of nitrogens with zero attached hydrogens (tertiary/aromatic N) is 1. The van der Waals surface area contributed by atoms with E-state index in [4.69, 9.17) is 5.73 Å². The summed E-state index contributed by atoms with van der Waals surface area (Å²) < 4.78 is 1.26. The van der Waals surface area contributed by atoms with Gasteiger partial charge in [0.25, 0.3) is 17.4 Å². The Morgan fingerprint density at radius 3 is 2.43 bits per heavy atom. The Morgan fingerprint density at radius 1 is 1.05 bits per heavy atom. The van der Waals surface area contributed by atoms with Crippen LogP contribution in [0.1, 0.15) is 31.8 Å². The first-order chi connectivity index (χ1) is 9.90. The summed E-state index contributed by atoms with van der Waals surface area (Å²) in [4.78, 5) is 35.7. The standard InChI is InChI=1S/C15H13N3O3/c1-7-3-4-10(8(2)5-7)18-11(19)6-9-12(13(18)16)15(21)17-14(9)20/h3-6H,16H2,1-2H3,(H,17,20,21). The molecule has 106 valence electrons. The molecule has 6 nitrogen and oxygen atoms in total. The molecular formula is C15H13N3O3. The van der Waals surface area contributed by atoms with Gasteiger partial charge in [-0.15, -0.1) is 0 Å². The van der Waals surface area contributed by atoms with Crippen LogP contribution in [-0.4, -0.2) is 16.4 Å². The maximum absolute atomic E-state index is 12.3. The Bertz CT molecular complexity index is 865. The minimum Gasteiger partial charge on any atom is -0.384 e. The number of hydrogen-bond donors (Lipinski definition) is 2. The van der Waals surface area contributed by atoms with Crippen molar-refractivity contribution in [1.82, 2.24) is 9.88 Å². The van der Waals surface area contributed by atoms with Gasteiger partial charge >= 0.3 is 0 Å². The fourth-order valence-electron chi connectivity index (χ4n) is 2.58. The van der Waals surface area contributed by atoms with Crippen LogP contribution in [0.15, 0.2) is 29.1 Å². The van der Waals surface area contributed by atoms with Gasteiger partial charge in [-0.1, -0.05) is 17.7 Å². The molecule has 1 aromatic carbocycles. The molecule has 2 heterocycles. The lowest BCUT2D eigenvalue weighted by Gasteiger charge is -2.14. The first kappa shape index (κ1) is 13.1. The SMILES string of the molecule is Cc1ccc(-n2c(N)c3c(cc2=O)C(=O)NC3=O)c(C)c1. The Balaban J connectivity index is 2.35. The summed E-state index contributed by atoms with van der Waals surface area (Å²) in [5.41, 5.74) is 8.12. The molecule has 0 spiro atoms. The molecular weight excluding hydrogens is 270 g/mol. The lowest BCUT2D eigenvalue weighted by Crippen LogP contribution is -2.24. The van der Waals surface area contributed by atoms with Crippen LogP contribution in [0.25, 0.3) is 5.69 Å². The molecule has 3 N–H and O–H groups in total. The average molecular weight is 283 g/mol. The number of rotatable bonds is 1. The number of anilines is 1. The number of nitrogens with two attached hydrogens (primary N) is 1. The van der Waals surface area contributed by atoms with Crippen LogP contribution in [0, 0.1) is 13.8 Å². The van der Waals surface area contributed by atoms with E-state index in [1.807, 2.05) is 26.0 Å². The summed E-state index contributed by atoms with van der Waals surface area (Å²) in [6.45, 7) is 3.80. The molecule has 0 unspecified atom stereocenters. The van der Waals surface area contributed by atoms with Crippen molar-refractivity contribution in [2.24, 2.45) is 0 Å². The number of pyridine rings is 1. The van der Waals surface area contributed by atoms with E-state index in [2.05, 4.69) is 5.32 Å². The zero-order valence-electron chi connectivity index (χ0n) is 11.6. The van der Waals surface area contributed by atoms with E-state index in [0.29, 0.717) is 5.69 Å². The van der Waals surface area contributed by atoms with Crippen molar-refractivity contribution in [3.63, 3.8) is 0 Å². The largest absolute Gasteiger partial charge is 0.384 e. The summed E-state index contributed by atoms with van der Waals surface area (Å²) in [6.07, 6.45) is 0. The molecule has 2 aromatic rings. The van der Waals surface area contributed by atoms with Crippen LogP contribution >= 0.6 is 0 Å². The molecule has 0 atom stereocenters. The molecule has 0 bridgehead atoms. The normalized spacial score (nSPS) is 13.2. The third kappa shape index (κ3) is 1.84. The number of amides is 2. The maximum Gasteiger partial charge on any atom is 0.262 e. The zero-order valence-corrected chi connectivity index (χ0v) is 11.6. The Hall–Kier alpha value is -2.89. The Kier molecular flexibility index (Phi) is 2.69. The smallest absolute Gasteiger partial charge is 0.262 e. The summed E-state index contributed by atoms with van der Waals surface area (Å²) >= 11 is 0. The zero-order chi connectivity index (χ0) is 15.3. The van der Waals surface area contributed by atoms with Crippen LogP contribution in [0.3, 0.4) is 0 Å². The molecule has 21 heavy (non-hydrogen) atoms. The first-order valence-corrected chi connectivity index (χ1v) is 6.39. The molecule has 0 saturated carbocycles. The van der Waals surface area contributed by atoms with Crippen LogP contribution < -0.4 is 16.6 Å². The molecule has 2 amide bonds. The van der Waals surface area contributed by atoms with Crippen LogP contribution in [-0.2, 0) is 0 Å². The van der Waals surface area contributed by atoms with Crippen molar-refractivity contribution in [2.75, 3.05) is 5.73 Å². The highest BCUT2D eigenvalue weighted by atomic mass is 16.2. The molecule has 0 radical (unpaired) electrons. The number of imide groups is 1. The highest BCUT2D eigenvalue weighted by molar-refractivity contribution is 6.23. The number of hydrogen-bond acceptors (Lipinski definition) is 4. The number of aromatic nitrogens is 1. The fraction of sp³-hybridized carbons (Fsp3) is 0.133. The molecule has 0 saturated heterocycles. The third-order valence-electron chi connectivity index (χ3n) is 3.55. The minimum atomic E-state index is -0.591. The van der Waals surface area contributed by atoms with Gasteiger partial charge in [0.2, 0.25) is 0 Å². The number of aryl methyl sites for hydroxylation is 2. The van der Waals surface area contributed by atoms with Gasteiger partial charge in [-0.05, 0) is 25.5 Å². The summed E-state index contributed by atoms with van der Waals surface area (Å²) in [6, 6.07) is 6.68. The Morgan fingerprint density at radius 2 is 1.76 bits per heavy atom. The number of fused-ring (bicyclic) bond motifs is 1. The number of benzene rings is 1. The molecule has 1 aliphatic heterocycles. The maximum atomic E-state index is 12.3. The van der Waals surface area contributed by atoms with Crippen LogP contribution in [0.2, 0.25) is 0 Å². The second-order valence-corrected chi connectivity index (χ2v) is 5.07. The van der Waals surface area contributed by atoms with Gasteiger partial charge in [-0.3, -0.25) is 24.3 Å². The monoisotopic (exact) mass is 283 g/mol. The van der Waals surface area contributed by atoms with E-state index in [0.717, 1.165) is 17.2 Å². The van der Waals surface area contributed by atoms with E-state index in [-0.39, 0.29) is 16.9 Å². The highest BCUT2D eigenvalue weighted by Crippen LogP contribution is 2.24. The molecule has 3 rings (SSSR count). The van der Waals surface area contributed by atoms with E-state index in [1.54, 1.807) is 6.07 Å². The average Bonchev–Trinajstić information content (AvgIpc) is 2.67. The second kappa shape index (κ2) is 4.31. The van der Waals surface area contributed by atoms with Crippen LogP contribution in [0.4, 0.5) is 5.82 Å². The van der Waals surface area contributed by atoms with Crippen LogP contribution in [0.5, 0.6) is 0 Å². The molecule has 1 aromatic heterocycles. The van der Waals surface area contributed by atoms with E-state index in [9.17, 15) is 14.4 Å². The summed E-state index contributed by atoms with van der Waals surface area (Å²) in [7, 11) is 0. The predicted molar refractivity (Wildman–Crippen MR) is 77.7 cm³/mol. The number of nitrogens with one attached hydrogen (secondary N) is 1. The van der Waals surface area contributed by atoms with Crippen molar-refractivity contribution in [2.45, 2.75) is 13.8 Å². The predicted octanol–water partition coefficient (Wildman–Crippen LogP) is 0.920. The molecule has 1 aliphatic rings. The van der Waals surface area contributed by atoms with Crippen molar-refractivity contribution in [1.29, 1.82) is 0 Å². The lowest BCUT2D eigenvalue weighted by atomic mass is 10.1. The second-order valence-electron chi connectivity index (χ2n) is 5.07. The van der Waals surface area contributed by atoms with Gasteiger partial charge in [0.15, 0.2) is 0 Å². The van der Waals surface area contributed by atoms with E-state index in [1.165, 1.54) is 4.57 Å². The topological polar surface area (TPSA) is 94.2 Å². The van der Waals surface area contributed by atoms with Gasteiger partial charge in [-0.25, -0.2) is 0 Å². The number of nitrogen functional groups attached to an aromatic ring is 1. The van der Waals surface area contributed by atoms with Gasteiger partial charge < -0.3 is 5.73 Å². The fourth-order valence-corrected chi connectivity index (χ4v) is 2.58. The number of carbonyl (C=O) groups excluding carboxylic acids is 2. The summed E-state index contributed by atoms with van der Waals surface area (Å²) in [5.74, 6) is -1.19. The van der Waals surface area contributed by atoms with Gasteiger partial charge in [0.1, 0.15) is 5.82 Å². The highest BCUT2D eigenvalue weighted by Gasteiger charge is 2.31. The van der Waals surface area contributed by atoms with Gasteiger partial charge in [-0.2, -0.15) is 0 Å². The summed E-state index contributed by atoms with van der Waals surface area (Å²) in [5, 5.41) is 2.14. The van der Waals surface area contributed by atoms with Crippen molar-refractivity contribution < 1.29 is 9.59 Å². The van der Waals surface area contributed by atoms with Crippen molar-refractivity contribution in [3.05, 3.63) is 56.9 Å². The molecule has 6 heteroatoms. The third-order valence-corrected chi connectivity index (χ3v) is 3.55. The van der Waals surface area contributed by atoms with Gasteiger partial charge in [0.05, 0.1) is 16.8 Å². The van der Waals surface area contributed by atoms with E-state index < -0.39 is 17.4 Å². The molecule has 0 aliphatic carbocycles. The molecule has 0 fully saturated rings. The van der Waals surface area contributed by atoms with E-state index >= 15 is 0 Å².